The molecule has 0 aliphatic heterocycles. The van der Waals surface area contributed by atoms with Crippen LogP contribution < -0.4 is 4.74 Å². The highest BCUT2D eigenvalue weighted by Gasteiger charge is 2.20. The minimum atomic E-state index is -0.552. The third kappa shape index (κ3) is 4.49. The van der Waals surface area contributed by atoms with Gasteiger partial charge in [-0.1, -0.05) is 30.3 Å². The van der Waals surface area contributed by atoms with Crippen LogP contribution in [0.2, 0.25) is 0 Å². The molecule has 160 valence electrons. The number of esters is 1. The van der Waals surface area contributed by atoms with Crippen molar-refractivity contribution >= 4 is 11.7 Å². The van der Waals surface area contributed by atoms with E-state index in [4.69, 9.17) is 9.47 Å². The lowest BCUT2D eigenvalue weighted by atomic mass is 10.1. The topological polar surface area (TPSA) is 96.5 Å². The zero-order valence-electron chi connectivity index (χ0n) is 17.2. The van der Waals surface area contributed by atoms with Gasteiger partial charge in [-0.3, -0.25) is 10.1 Å². The van der Waals surface area contributed by atoms with Crippen LogP contribution in [0.1, 0.15) is 15.9 Å². The number of nitrogens with zero attached hydrogens (tertiary/aromatic N) is 3. The average Bonchev–Trinajstić information content (AvgIpc) is 3.29. The third-order valence-corrected chi connectivity index (χ3v) is 4.82. The van der Waals surface area contributed by atoms with Crippen LogP contribution in [0.4, 0.5) is 5.69 Å². The SMILES string of the molecule is COc1cccc(-c2nn(-c3ccccc3)cc2C(=O)OCc2ccc([N+](=O)[O-])cc2)c1. The van der Waals surface area contributed by atoms with Crippen molar-refractivity contribution in [1.82, 2.24) is 9.78 Å². The van der Waals surface area contributed by atoms with Crippen molar-refractivity contribution in [2.45, 2.75) is 6.61 Å². The second-order valence-corrected chi connectivity index (χ2v) is 6.90. The lowest BCUT2D eigenvalue weighted by Crippen LogP contribution is -2.06. The van der Waals surface area contributed by atoms with Gasteiger partial charge in [-0.15, -0.1) is 0 Å². The van der Waals surface area contributed by atoms with Crippen LogP contribution in [0, 0.1) is 10.1 Å². The summed E-state index contributed by atoms with van der Waals surface area (Å²) >= 11 is 0. The Bertz CT molecular complexity index is 1250. The first-order valence-electron chi connectivity index (χ1n) is 9.75. The Morgan fingerprint density at radius 3 is 2.47 bits per heavy atom. The van der Waals surface area contributed by atoms with Gasteiger partial charge in [0, 0.05) is 23.9 Å². The van der Waals surface area contributed by atoms with Gasteiger partial charge in [0.05, 0.1) is 17.7 Å². The lowest BCUT2D eigenvalue weighted by Gasteiger charge is -2.06. The maximum atomic E-state index is 13.0. The number of rotatable bonds is 7. The number of aromatic nitrogens is 2. The molecule has 0 atom stereocenters. The van der Waals surface area contributed by atoms with Crippen LogP contribution in [0.15, 0.2) is 85.1 Å². The molecule has 0 fully saturated rings. The van der Waals surface area contributed by atoms with Crippen LogP contribution in [0.25, 0.3) is 16.9 Å². The van der Waals surface area contributed by atoms with Gasteiger partial charge in [0.2, 0.25) is 0 Å². The quantitative estimate of drug-likeness (QED) is 0.238. The Kier molecular flexibility index (Phi) is 5.94. The number of methoxy groups -OCH3 is 1. The summed E-state index contributed by atoms with van der Waals surface area (Å²) in [6, 6.07) is 22.6. The number of benzene rings is 3. The highest BCUT2D eigenvalue weighted by molar-refractivity contribution is 5.96. The second kappa shape index (κ2) is 9.13. The van der Waals surface area contributed by atoms with E-state index in [2.05, 4.69) is 5.10 Å². The van der Waals surface area contributed by atoms with Crippen molar-refractivity contribution in [2.75, 3.05) is 7.11 Å². The van der Waals surface area contributed by atoms with E-state index in [0.717, 1.165) is 5.69 Å². The summed E-state index contributed by atoms with van der Waals surface area (Å²) in [5.41, 5.74) is 2.88. The summed E-state index contributed by atoms with van der Waals surface area (Å²) in [6.45, 7) is -0.0229. The van der Waals surface area contributed by atoms with Gasteiger partial charge in [-0.25, -0.2) is 9.48 Å². The van der Waals surface area contributed by atoms with Gasteiger partial charge in [-0.2, -0.15) is 5.10 Å². The predicted octanol–water partition coefficient (Wildman–Crippen LogP) is 4.81. The number of carbonyl (C=O) groups is 1. The Balaban J connectivity index is 1.64. The zero-order chi connectivity index (χ0) is 22.5. The molecule has 0 bridgehead atoms. The molecule has 3 aromatic carbocycles. The van der Waals surface area contributed by atoms with Gasteiger partial charge in [-0.05, 0) is 42.0 Å². The second-order valence-electron chi connectivity index (χ2n) is 6.90. The van der Waals surface area contributed by atoms with E-state index in [0.29, 0.717) is 28.1 Å². The van der Waals surface area contributed by atoms with Crippen LogP contribution in [-0.4, -0.2) is 27.8 Å². The van der Waals surface area contributed by atoms with Gasteiger partial charge >= 0.3 is 5.97 Å². The maximum Gasteiger partial charge on any atom is 0.342 e. The van der Waals surface area contributed by atoms with Gasteiger partial charge in [0.1, 0.15) is 23.6 Å². The normalized spacial score (nSPS) is 10.5. The maximum absolute atomic E-state index is 13.0. The highest BCUT2D eigenvalue weighted by Crippen LogP contribution is 2.27. The minimum absolute atomic E-state index is 0.0229. The van der Waals surface area contributed by atoms with Crippen molar-refractivity contribution in [3.05, 3.63) is 106 Å². The van der Waals surface area contributed by atoms with E-state index < -0.39 is 10.9 Å². The van der Waals surface area contributed by atoms with Gasteiger partial charge < -0.3 is 9.47 Å². The fourth-order valence-electron chi connectivity index (χ4n) is 3.16. The van der Waals surface area contributed by atoms with Gasteiger partial charge in [0.25, 0.3) is 5.69 Å². The van der Waals surface area contributed by atoms with Crippen molar-refractivity contribution in [3.63, 3.8) is 0 Å². The Morgan fingerprint density at radius 1 is 1.03 bits per heavy atom. The standard InChI is InChI=1S/C24H19N3O5/c1-31-21-9-5-6-18(14-21)23-22(15-26(25-23)19-7-3-2-4-8-19)24(28)32-16-17-10-12-20(13-11-17)27(29)30/h2-15H,16H2,1H3. The van der Waals surface area contributed by atoms with Crippen molar-refractivity contribution < 1.29 is 19.2 Å². The molecule has 4 aromatic rings. The molecule has 32 heavy (non-hydrogen) atoms. The van der Waals surface area contributed by atoms with Crippen molar-refractivity contribution in [2.24, 2.45) is 0 Å². The number of non-ortho nitro benzene ring substituents is 1. The van der Waals surface area contributed by atoms with E-state index in [1.54, 1.807) is 36.2 Å². The van der Waals surface area contributed by atoms with Crippen LogP contribution in [0.3, 0.4) is 0 Å². The summed E-state index contributed by atoms with van der Waals surface area (Å²) in [5.74, 6) is 0.0883. The van der Waals surface area contributed by atoms with E-state index in [1.165, 1.54) is 12.1 Å². The molecule has 0 unspecified atom stereocenters. The first kappa shape index (κ1) is 20.8. The summed E-state index contributed by atoms with van der Waals surface area (Å²) in [7, 11) is 1.57. The lowest BCUT2D eigenvalue weighted by molar-refractivity contribution is -0.384. The van der Waals surface area contributed by atoms with Crippen molar-refractivity contribution in [1.29, 1.82) is 0 Å². The molecule has 0 spiro atoms. The number of nitro groups is 1. The van der Waals surface area contributed by atoms with E-state index in [1.807, 2.05) is 48.5 Å². The number of hydrogen-bond donors (Lipinski definition) is 0. The molecular formula is C24H19N3O5. The van der Waals surface area contributed by atoms with Crippen LogP contribution >= 0.6 is 0 Å². The molecule has 0 aliphatic rings. The Morgan fingerprint density at radius 2 is 1.78 bits per heavy atom. The molecule has 1 aromatic heterocycles. The Hall–Kier alpha value is -4.46. The number of ether oxygens (including phenoxy) is 2. The summed E-state index contributed by atoms with van der Waals surface area (Å²) in [6.07, 6.45) is 1.63. The first-order valence-corrected chi connectivity index (χ1v) is 9.75. The van der Waals surface area contributed by atoms with Crippen LogP contribution in [0.5, 0.6) is 5.75 Å². The monoisotopic (exact) mass is 429 g/mol. The number of nitro benzene ring substituents is 1. The molecule has 0 saturated heterocycles. The minimum Gasteiger partial charge on any atom is -0.497 e. The summed E-state index contributed by atoms with van der Waals surface area (Å²) in [4.78, 5) is 23.3. The molecule has 1 heterocycles. The van der Waals surface area contributed by atoms with E-state index in [-0.39, 0.29) is 12.3 Å². The average molecular weight is 429 g/mol. The molecular weight excluding hydrogens is 410 g/mol. The number of hydrogen-bond acceptors (Lipinski definition) is 6. The molecule has 0 aliphatic carbocycles. The molecule has 8 nitrogen and oxygen atoms in total. The largest absolute Gasteiger partial charge is 0.497 e. The third-order valence-electron chi connectivity index (χ3n) is 4.82. The first-order chi connectivity index (χ1) is 15.5. The molecule has 8 heteroatoms. The molecule has 0 radical (unpaired) electrons. The molecule has 4 rings (SSSR count). The fraction of sp³-hybridized carbons (Fsp3) is 0.0833. The van der Waals surface area contributed by atoms with E-state index in [9.17, 15) is 14.9 Å². The highest BCUT2D eigenvalue weighted by atomic mass is 16.6. The summed E-state index contributed by atoms with van der Waals surface area (Å²) < 4.78 is 12.4. The zero-order valence-corrected chi connectivity index (χ0v) is 17.2. The number of carbonyl (C=O) groups excluding carboxylic acids is 1. The van der Waals surface area contributed by atoms with E-state index >= 15 is 0 Å². The van der Waals surface area contributed by atoms with Crippen molar-refractivity contribution in [3.8, 4) is 22.7 Å². The fourth-order valence-corrected chi connectivity index (χ4v) is 3.16. The molecule has 0 N–H and O–H groups in total. The molecule has 0 saturated carbocycles. The van der Waals surface area contributed by atoms with Gasteiger partial charge in [0.15, 0.2) is 0 Å². The van der Waals surface area contributed by atoms with Crippen LogP contribution in [-0.2, 0) is 11.3 Å². The Labute approximate surface area is 183 Å². The summed E-state index contributed by atoms with van der Waals surface area (Å²) in [5, 5.41) is 15.4. The predicted molar refractivity (Wildman–Crippen MR) is 118 cm³/mol. The number of para-hydroxylation sites is 1. The smallest absolute Gasteiger partial charge is 0.342 e. The molecule has 0 amide bonds.